The van der Waals surface area contributed by atoms with E-state index < -0.39 is 0 Å². The van der Waals surface area contributed by atoms with Gasteiger partial charge in [-0.05, 0) is 32.0 Å². The van der Waals surface area contributed by atoms with Crippen LogP contribution in [0.15, 0.2) is 24.7 Å². The first-order chi connectivity index (χ1) is 10.3. The lowest BCUT2D eigenvalue weighted by atomic mass is 10.0. The van der Waals surface area contributed by atoms with Gasteiger partial charge in [-0.3, -0.25) is 0 Å². The number of hydrogen-bond donors (Lipinski definition) is 5. The number of aromatic amines is 1. The zero-order chi connectivity index (χ0) is 14.7. The minimum Gasteiger partial charge on any atom is -0.404 e. The molecule has 110 valence electrons. The fourth-order valence-corrected chi connectivity index (χ4v) is 2.77. The molecule has 0 amide bonds. The number of nitrogens with one attached hydrogen (secondary N) is 4. The van der Waals surface area contributed by atoms with Gasteiger partial charge in [0, 0.05) is 47.4 Å². The van der Waals surface area contributed by atoms with E-state index in [9.17, 15) is 0 Å². The lowest BCUT2D eigenvalue weighted by molar-refractivity contribution is 0.479. The summed E-state index contributed by atoms with van der Waals surface area (Å²) in [4.78, 5) is 7.53. The van der Waals surface area contributed by atoms with E-state index in [0.717, 1.165) is 48.2 Å². The molecule has 0 aliphatic carbocycles. The Kier molecular flexibility index (Phi) is 3.87. The van der Waals surface area contributed by atoms with E-state index in [1.807, 2.05) is 12.3 Å². The highest BCUT2D eigenvalue weighted by molar-refractivity contribution is 6.13. The lowest BCUT2D eigenvalue weighted by Gasteiger charge is -2.26. The number of hydrogen-bond acceptors (Lipinski definition) is 5. The van der Waals surface area contributed by atoms with Crippen LogP contribution in [0, 0.1) is 5.41 Å². The predicted octanol–water partition coefficient (Wildman–Crippen LogP) is 1.68. The first kappa shape index (κ1) is 13.6. The molecular weight excluding hydrogens is 264 g/mol. The molecule has 0 bridgehead atoms. The topological polar surface area (TPSA) is 103 Å². The van der Waals surface area contributed by atoms with Crippen LogP contribution in [0.1, 0.15) is 18.4 Å². The highest BCUT2D eigenvalue weighted by Gasteiger charge is 2.18. The number of rotatable bonds is 4. The molecule has 0 spiro atoms. The number of nitrogens with two attached hydrogens (primary N) is 1. The Morgan fingerprint density at radius 1 is 1.43 bits per heavy atom. The largest absolute Gasteiger partial charge is 0.404 e. The van der Waals surface area contributed by atoms with Crippen LogP contribution < -0.4 is 16.4 Å². The van der Waals surface area contributed by atoms with E-state index in [1.165, 1.54) is 12.4 Å². The van der Waals surface area contributed by atoms with Crippen molar-refractivity contribution in [2.24, 2.45) is 5.73 Å². The van der Waals surface area contributed by atoms with Crippen LogP contribution in [0.4, 0.5) is 5.69 Å². The molecule has 3 rings (SSSR count). The second kappa shape index (κ2) is 5.97. The van der Waals surface area contributed by atoms with E-state index in [1.54, 1.807) is 6.20 Å². The maximum absolute atomic E-state index is 7.54. The summed E-state index contributed by atoms with van der Waals surface area (Å²) in [6.07, 6.45) is 8.54. The molecule has 1 saturated heterocycles. The third kappa shape index (κ3) is 2.62. The molecule has 21 heavy (non-hydrogen) atoms. The SMILES string of the molecule is N=CC(=CN)c1cnc2[nH]ccc2c1NC1CCNCC1. The van der Waals surface area contributed by atoms with Crippen molar-refractivity contribution in [3.8, 4) is 0 Å². The number of anilines is 1. The Hall–Kier alpha value is -2.34. The van der Waals surface area contributed by atoms with Crippen LogP contribution in [0.3, 0.4) is 0 Å². The van der Waals surface area contributed by atoms with Gasteiger partial charge < -0.3 is 26.8 Å². The van der Waals surface area contributed by atoms with Crippen LogP contribution in [-0.4, -0.2) is 35.3 Å². The number of aromatic nitrogens is 2. The van der Waals surface area contributed by atoms with Gasteiger partial charge in [-0.2, -0.15) is 0 Å². The van der Waals surface area contributed by atoms with Crippen molar-refractivity contribution < 1.29 is 0 Å². The van der Waals surface area contributed by atoms with Crippen molar-refractivity contribution in [1.29, 1.82) is 5.41 Å². The summed E-state index contributed by atoms with van der Waals surface area (Å²) >= 11 is 0. The van der Waals surface area contributed by atoms with Gasteiger partial charge in [0.1, 0.15) is 5.65 Å². The van der Waals surface area contributed by atoms with E-state index >= 15 is 0 Å². The van der Waals surface area contributed by atoms with Gasteiger partial charge in [-0.25, -0.2) is 4.98 Å². The number of piperidine rings is 1. The molecule has 6 nitrogen and oxygen atoms in total. The summed E-state index contributed by atoms with van der Waals surface area (Å²) in [5.74, 6) is 0. The van der Waals surface area contributed by atoms with Crippen molar-refractivity contribution in [1.82, 2.24) is 15.3 Å². The highest BCUT2D eigenvalue weighted by Crippen LogP contribution is 2.30. The van der Waals surface area contributed by atoms with Gasteiger partial charge in [-0.15, -0.1) is 0 Å². The van der Waals surface area contributed by atoms with Crippen LogP contribution in [0.5, 0.6) is 0 Å². The number of allylic oxidation sites excluding steroid dienone is 1. The van der Waals surface area contributed by atoms with Crippen LogP contribution in [0.2, 0.25) is 0 Å². The Balaban J connectivity index is 2.05. The smallest absolute Gasteiger partial charge is 0.139 e. The second-order valence-corrected chi connectivity index (χ2v) is 5.22. The Morgan fingerprint density at radius 2 is 2.24 bits per heavy atom. The summed E-state index contributed by atoms with van der Waals surface area (Å²) in [5.41, 5.74) is 9.04. The van der Waals surface area contributed by atoms with Crippen LogP contribution >= 0.6 is 0 Å². The average Bonchev–Trinajstić information content (AvgIpc) is 3.00. The van der Waals surface area contributed by atoms with Gasteiger partial charge in [0.25, 0.3) is 0 Å². The van der Waals surface area contributed by atoms with Crippen molar-refractivity contribution in [3.05, 3.63) is 30.2 Å². The average molecular weight is 284 g/mol. The Bertz CT molecular complexity index is 666. The zero-order valence-corrected chi connectivity index (χ0v) is 11.8. The molecule has 1 fully saturated rings. The third-order valence-electron chi connectivity index (χ3n) is 3.92. The molecular formula is C15H20N6. The molecule has 6 N–H and O–H groups in total. The highest BCUT2D eigenvalue weighted by atomic mass is 15.0. The number of pyridine rings is 1. The maximum Gasteiger partial charge on any atom is 0.139 e. The van der Waals surface area contributed by atoms with Crippen LogP contribution in [-0.2, 0) is 0 Å². The normalized spacial score (nSPS) is 17.0. The molecule has 2 aromatic rings. The summed E-state index contributed by atoms with van der Waals surface area (Å²) < 4.78 is 0. The summed E-state index contributed by atoms with van der Waals surface area (Å²) in [6.45, 7) is 2.05. The van der Waals surface area contributed by atoms with Crippen LogP contribution in [0.25, 0.3) is 16.6 Å². The van der Waals surface area contributed by atoms with Gasteiger partial charge in [0.15, 0.2) is 0 Å². The van der Waals surface area contributed by atoms with E-state index in [4.69, 9.17) is 11.1 Å². The molecule has 1 aliphatic rings. The molecule has 2 aromatic heterocycles. The first-order valence-corrected chi connectivity index (χ1v) is 7.19. The molecule has 0 radical (unpaired) electrons. The van der Waals surface area contributed by atoms with Crippen molar-refractivity contribution >= 4 is 28.5 Å². The Labute approximate surface area is 123 Å². The van der Waals surface area contributed by atoms with Crippen molar-refractivity contribution in [2.45, 2.75) is 18.9 Å². The van der Waals surface area contributed by atoms with E-state index in [-0.39, 0.29) is 0 Å². The van der Waals surface area contributed by atoms with Crippen molar-refractivity contribution in [3.63, 3.8) is 0 Å². The molecule has 6 heteroatoms. The third-order valence-corrected chi connectivity index (χ3v) is 3.92. The maximum atomic E-state index is 7.54. The summed E-state index contributed by atoms with van der Waals surface area (Å²) in [7, 11) is 0. The fraction of sp³-hybridized carbons (Fsp3) is 0.333. The standard InChI is InChI=1S/C15H20N6/c16-7-10(8-17)13-9-20-15-12(3-6-19-15)14(13)21-11-1-4-18-5-2-11/h3,6-9,11,16,18H,1-2,4-5,17H2,(H2,19,20,21). The molecule has 0 saturated carbocycles. The summed E-state index contributed by atoms with van der Waals surface area (Å²) in [6, 6.07) is 2.43. The molecule has 0 atom stereocenters. The molecule has 3 heterocycles. The number of fused-ring (bicyclic) bond motifs is 1. The zero-order valence-electron chi connectivity index (χ0n) is 11.8. The van der Waals surface area contributed by atoms with Gasteiger partial charge in [0.2, 0.25) is 0 Å². The fourth-order valence-electron chi connectivity index (χ4n) is 2.77. The second-order valence-electron chi connectivity index (χ2n) is 5.22. The Morgan fingerprint density at radius 3 is 2.95 bits per heavy atom. The molecule has 1 aliphatic heterocycles. The van der Waals surface area contributed by atoms with Gasteiger partial charge in [-0.1, -0.05) is 0 Å². The summed E-state index contributed by atoms with van der Waals surface area (Å²) in [5, 5.41) is 15.6. The quantitative estimate of drug-likeness (QED) is 0.551. The van der Waals surface area contributed by atoms with E-state index in [2.05, 4.69) is 20.6 Å². The van der Waals surface area contributed by atoms with Gasteiger partial charge >= 0.3 is 0 Å². The number of H-pyrrole nitrogens is 1. The molecule has 0 aromatic carbocycles. The predicted molar refractivity (Wildman–Crippen MR) is 86.6 cm³/mol. The van der Waals surface area contributed by atoms with Crippen molar-refractivity contribution in [2.75, 3.05) is 18.4 Å². The lowest BCUT2D eigenvalue weighted by Crippen LogP contribution is -2.35. The first-order valence-electron chi connectivity index (χ1n) is 7.19. The van der Waals surface area contributed by atoms with E-state index in [0.29, 0.717) is 11.6 Å². The number of nitrogens with zero attached hydrogens (tertiary/aromatic N) is 1. The monoisotopic (exact) mass is 284 g/mol. The minimum absolute atomic E-state index is 0.426. The minimum atomic E-state index is 0.426. The molecule has 0 unspecified atom stereocenters. The van der Waals surface area contributed by atoms with Gasteiger partial charge in [0.05, 0.1) is 5.69 Å².